The van der Waals surface area contributed by atoms with Crippen LogP contribution in [-0.2, 0) is 22.4 Å². The summed E-state index contributed by atoms with van der Waals surface area (Å²) in [5.74, 6) is -0.464. The molecule has 0 unspecified atom stereocenters. The van der Waals surface area contributed by atoms with Crippen LogP contribution < -0.4 is 0 Å². The number of hydrogen-bond acceptors (Lipinski definition) is 4. The van der Waals surface area contributed by atoms with Crippen molar-refractivity contribution in [1.29, 1.82) is 5.26 Å². The van der Waals surface area contributed by atoms with Crippen molar-refractivity contribution < 1.29 is 14.3 Å². The molecule has 0 N–H and O–H groups in total. The molecule has 1 aromatic carbocycles. The van der Waals surface area contributed by atoms with Crippen molar-refractivity contribution in [2.45, 2.75) is 19.8 Å². The fraction of sp³-hybridized carbons (Fsp3) is 0.308. The molecule has 17 heavy (non-hydrogen) atoms. The summed E-state index contributed by atoms with van der Waals surface area (Å²) in [6.45, 7) is 1.94. The van der Waals surface area contributed by atoms with E-state index in [9.17, 15) is 9.59 Å². The van der Waals surface area contributed by atoms with Crippen molar-refractivity contribution in [3.05, 3.63) is 34.4 Å². The van der Waals surface area contributed by atoms with Gasteiger partial charge in [-0.2, -0.15) is 5.26 Å². The molecule has 0 aliphatic carbocycles. The molecule has 0 bridgehead atoms. The Morgan fingerprint density at radius 1 is 1.53 bits per heavy atom. The standard InChI is InChI=1S/C13H13NO3/c1-3-9-4-10(7-14)12(6-13(16)17-2)11(5-9)8-15/h4-5,8H,3,6H2,1-2H3. The third kappa shape index (κ3) is 2.91. The minimum atomic E-state index is -0.464. The van der Waals surface area contributed by atoms with Crippen LogP contribution in [0.2, 0.25) is 0 Å². The van der Waals surface area contributed by atoms with Gasteiger partial charge in [0.05, 0.1) is 25.2 Å². The van der Waals surface area contributed by atoms with Gasteiger partial charge in [0.25, 0.3) is 0 Å². The fourth-order valence-corrected chi connectivity index (χ4v) is 1.58. The molecule has 0 saturated heterocycles. The number of carbonyl (C=O) groups is 2. The largest absolute Gasteiger partial charge is 0.469 e. The average Bonchev–Trinajstić information content (AvgIpc) is 2.38. The molecule has 4 nitrogen and oxygen atoms in total. The molecule has 0 heterocycles. The maximum atomic E-state index is 11.2. The summed E-state index contributed by atoms with van der Waals surface area (Å²) < 4.78 is 4.55. The fourth-order valence-electron chi connectivity index (χ4n) is 1.58. The molecule has 1 rings (SSSR count). The molecular weight excluding hydrogens is 218 g/mol. The number of ether oxygens (including phenoxy) is 1. The first-order chi connectivity index (χ1) is 8.15. The minimum absolute atomic E-state index is 0.0581. The van der Waals surface area contributed by atoms with Crippen molar-refractivity contribution >= 4 is 12.3 Å². The second kappa shape index (κ2) is 5.80. The zero-order valence-corrected chi connectivity index (χ0v) is 9.82. The first-order valence-corrected chi connectivity index (χ1v) is 5.24. The van der Waals surface area contributed by atoms with Crippen LogP contribution in [0.25, 0.3) is 0 Å². The number of methoxy groups -OCH3 is 1. The van der Waals surface area contributed by atoms with Crippen LogP contribution >= 0.6 is 0 Å². The van der Waals surface area contributed by atoms with Crippen molar-refractivity contribution in [3.63, 3.8) is 0 Å². The van der Waals surface area contributed by atoms with E-state index >= 15 is 0 Å². The lowest BCUT2D eigenvalue weighted by atomic mass is 9.95. The van der Waals surface area contributed by atoms with E-state index < -0.39 is 5.97 Å². The first kappa shape index (κ1) is 12.9. The number of aldehydes is 1. The highest BCUT2D eigenvalue weighted by Gasteiger charge is 2.14. The smallest absolute Gasteiger partial charge is 0.310 e. The molecule has 0 aliphatic heterocycles. The number of esters is 1. The van der Waals surface area contributed by atoms with Crippen molar-refractivity contribution in [3.8, 4) is 6.07 Å². The molecule has 0 aromatic heterocycles. The van der Waals surface area contributed by atoms with E-state index in [1.807, 2.05) is 13.0 Å². The predicted molar refractivity (Wildman–Crippen MR) is 61.6 cm³/mol. The van der Waals surface area contributed by atoms with Gasteiger partial charge in [0.1, 0.15) is 6.29 Å². The Labute approximate surface area is 99.8 Å². The van der Waals surface area contributed by atoms with Gasteiger partial charge in [0.15, 0.2) is 0 Å². The van der Waals surface area contributed by atoms with Crippen LogP contribution in [0.1, 0.15) is 34.0 Å². The van der Waals surface area contributed by atoms with Crippen LogP contribution in [-0.4, -0.2) is 19.4 Å². The quantitative estimate of drug-likeness (QED) is 0.583. The van der Waals surface area contributed by atoms with E-state index in [1.165, 1.54) is 7.11 Å². The second-order valence-corrected chi connectivity index (χ2v) is 3.55. The van der Waals surface area contributed by atoms with Crippen LogP contribution in [0.4, 0.5) is 0 Å². The number of aryl methyl sites for hydroxylation is 1. The molecule has 4 heteroatoms. The van der Waals surface area contributed by atoms with E-state index in [-0.39, 0.29) is 6.42 Å². The maximum Gasteiger partial charge on any atom is 0.310 e. The van der Waals surface area contributed by atoms with Crippen molar-refractivity contribution in [1.82, 2.24) is 0 Å². The lowest BCUT2D eigenvalue weighted by Crippen LogP contribution is -2.09. The summed E-state index contributed by atoms with van der Waals surface area (Å²) in [5, 5.41) is 9.03. The van der Waals surface area contributed by atoms with Gasteiger partial charge in [0.2, 0.25) is 0 Å². The predicted octanol–water partition coefficient (Wildman–Crippen LogP) is 1.65. The zero-order valence-electron chi connectivity index (χ0n) is 9.82. The first-order valence-electron chi connectivity index (χ1n) is 5.24. The van der Waals surface area contributed by atoms with Gasteiger partial charge in [-0.15, -0.1) is 0 Å². The summed E-state index contributed by atoms with van der Waals surface area (Å²) in [4.78, 5) is 22.2. The summed E-state index contributed by atoms with van der Waals surface area (Å²) in [6, 6.07) is 5.41. The van der Waals surface area contributed by atoms with Gasteiger partial charge in [-0.25, -0.2) is 0 Å². The number of hydrogen-bond donors (Lipinski definition) is 0. The van der Waals surface area contributed by atoms with Crippen LogP contribution in [0.3, 0.4) is 0 Å². The molecule has 0 saturated carbocycles. The topological polar surface area (TPSA) is 67.2 Å². The summed E-state index contributed by atoms with van der Waals surface area (Å²) in [6.07, 6.45) is 1.34. The maximum absolute atomic E-state index is 11.2. The van der Waals surface area contributed by atoms with Crippen LogP contribution in [0, 0.1) is 11.3 Å². The summed E-state index contributed by atoms with van der Waals surface area (Å²) >= 11 is 0. The SMILES string of the molecule is CCc1cc(C#N)c(CC(=O)OC)c(C=O)c1. The number of carbonyl (C=O) groups excluding carboxylic acids is 2. The van der Waals surface area contributed by atoms with E-state index in [2.05, 4.69) is 4.74 Å². The highest BCUT2D eigenvalue weighted by Crippen LogP contribution is 2.18. The Bertz CT molecular complexity index is 486. The van der Waals surface area contributed by atoms with E-state index in [1.54, 1.807) is 12.1 Å². The lowest BCUT2D eigenvalue weighted by molar-refractivity contribution is -0.139. The Morgan fingerprint density at radius 3 is 2.71 bits per heavy atom. The molecule has 0 radical (unpaired) electrons. The molecule has 0 fully saturated rings. The molecule has 88 valence electrons. The minimum Gasteiger partial charge on any atom is -0.469 e. The third-order valence-electron chi connectivity index (χ3n) is 2.55. The van der Waals surface area contributed by atoms with Crippen molar-refractivity contribution in [2.75, 3.05) is 7.11 Å². The average molecular weight is 231 g/mol. The lowest BCUT2D eigenvalue weighted by Gasteiger charge is -2.08. The molecule has 0 atom stereocenters. The third-order valence-corrected chi connectivity index (χ3v) is 2.55. The Kier molecular flexibility index (Phi) is 4.41. The molecule has 0 spiro atoms. The van der Waals surface area contributed by atoms with E-state index in [0.717, 1.165) is 12.0 Å². The summed E-state index contributed by atoms with van der Waals surface area (Å²) in [5.41, 5.74) is 2.08. The monoisotopic (exact) mass is 231 g/mol. The number of nitrogens with zero attached hydrogens (tertiary/aromatic N) is 1. The Balaban J connectivity index is 3.30. The number of rotatable bonds is 4. The molecule has 1 aromatic rings. The van der Waals surface area contributed by atoms with Crippen molar-refractivity contribution in [2.24, 2.45) is 0 Å². The van der Waals surface area contributed by atoms with Gasteiger partial charge < -0.3 is 4.74 Å². The van der Waals surface area contributed by atoms with Gasteiger partial charge >= 0.3 is 5.97 Å². The zero-order chi connectivity index (χ0) is 12.8. The van der Waals surface area contributed by atoms with Gasteiger partial charge in [0, 0.05) is 5.56 Å². The van der Waals surface area contributed by atoms with E-state index in [4.69, 9.17) is 5.26 Å². The van der Waals surface area contributed by atoms with Crippen LogP contribution in [0.5, 0.6) is 0 Å². The highest BCUT2D eigenvalue weighted by atomic mass is 16.5. The van der Waals surface area contributed by atoms with Gasteiger partial charge in [-0.1, -0.05) is 6.92 Å². The molecule has 0 aliphatic rings. The van der Waals surface area contributed by atoms with Gasteiger partial charge in [-0.3, -0.25) is 9.59 Å². The van der Waals surface area contributed by atoms with Crippen LogP contribution in [0.15, 0.2) is 12.1 Å². The normalized spacial score (nSPS) is 9.47. The van der Waals surface area contributed by atoms with E-state index in [0.29, 0.717) is 23.0 Å². The molecule has 0 amide bonds. The number of benzene rings is 1. The Hall–Kier alpha value is -2.15. The summed E-state index contributed by atoms with van der Waals surface area (Å²) in [7, 11) is 1.27. The highest BCUT2D eigenvalue weighted by molar-refractivity contribution is 5.83. The number of nitriles is 1. The Morgan fingerprint density at radius 2 is 2.24 bits per heavy atom. The second-order valence-electron chi connectivity index (χ2n) is 3.55. The van der Waals surface area contributed by atoms with Gasteiger partial charge in [-0.05, 0) is 29.7 Å². The molecular formula is C13H13NO3.